The Morgan fingerprint density at radius 1 is 1.44 bits per heavy atom. The first-order valence-electron chi connectivity index (χ1n) is 2.19. The predicted molar refractivity (Wildman–Crippen MR) is 36.4 cm³/mol. The molecule has 1 atom stereocenters. The molecule has 4 nitrogen and oxygen atoms in total. The molecule has 0 aliphatic heterocycles. The van der Waals surface area contributed by atoms with Crippen molar-refractivity contribution in [3.05, 3.63) is 0 Å². The Morgan fingerprint density at radius 3 is 2.33 bits per heavy atom. The second kappa shape index (κ2) is 4.33. The molecule has 6 heteroatoms. The van der Waals surface area contributed by atoms with E-state index in [2.05, 4.69) is 13.1 Å². The first-order chi connectivity index (χ1) is 4.20. The van der Waals surface area contributed by atoms with E-state index in [-0.39, 0.29) is 12.3 Å². The fraction of sp³-hybridized carbons (Fsp3) is 0.333. The van der Waals surface area contributed by atoms with E-state index in [0.717, 1.165) is 0 Å². The van der Waals surface area contributed by atoms with Gasteiger partial charge in [0.05, 0.1) is 0 Å². The number of carbonyl (C=O) groups excluding carboxylic acids is 2. The van der Waals surface area contributed by atoms with Gasteiger partial charge < -0.3 is 10.3 Å². The van der Waals surface area contributed by atoms with Crippen molar-refractivity contribution in [3.8, 4) is 0 Å². The molecule has 0 spiro atoms. The van der Waals surface area contributed by atoms with E-state index in [4.69, 9.17) is 0 Å². The van der Waals surface area contributed by atoms with Crippen molar-refractivity contribution in [2.75, 3.05) is 0 Å². The van der Waals surface area contributed by atoms with E-state index in [1.165, 1.54) is 0 Å². The molecule has 1 unspecified atom stereocenters. The highest BCUT2D eigenvalue weighted by molar-refractivity contribution is 7.15. The highest BCUT2D eigenvalue weighted by atomic mass is 31.0. The van der Waals surface area contributed by atoms with Crippen LogP contribution >= 0.6 is 9.39 Å². The van der Waals surface area contributed by atoms with Crippen LogP contribution in [0.3, 0.4) is 0 Å². The summed E-state index contributed by atoms with van der Waals surface area (Å²) in [6.45, 7) is 0. The lowest BCUT2D eigenvalue weighted by Gasteiger charge is -1.96. The fourth-order valence-electron chi connectivity index (χ4n) is 0.248. The summed E-state index contributed by atoms with van der Waals surface area (Å²) in [6.07, 6.45) is -0.236. The van der Waals surface area contributed by atoms with Gasteiger partial charge in [-0.25, -0.2) is 0 Å². The third-order valence-corrected chi connectivity index (χ3v) is 0.965. The van der Waals surface area contributed by atoms with E-state index in [0.29, 0.717) is 0 Å². The monoisotopic (exact) mass is 144 g/mol. The standard InChI is InChI=1S/C3H6BN2O2P/c4-5-2(7)1-3(8)6-9/h1,9H2,(H,5,7)(H,6,8). The van der Waals surface area contributed by atoms with Crippen LogP contribution in [-0.4, -0.2) is 19.8 Å². The van der Waals surface area contributed by atoms with Gasteiger partial charge in [-0.1, -0.05) is 0 Å². The van der Waals surface area contributed by atoms with Gasteiger partial charge in [-0.2, -0.15) is 0 Å². The van der Waals surface area contributed by atoms with Gasteiger partial charge in [0, 0.05) is 0 Å². The first kappa shape index (κ1) is 8.43. The molecule has 0 heterocycles. The van der Waals surface area contributed by atoms with Gasteiger partial charge in [-0.3, -0.25) is 9.59 Å². The van der Waals surface area contributed by atoms with Crippen LogP contribution in [-0.2, 0) is 9.59 Å². The number of rotatable bonds is 2. The Hall–Kier alpha value is -0.565. The lowest BCUT2D eigenvalue weighted by atomic mass is 10.3. The van der Waals surface area contributed by atoms with Crippen LogP contribution in [0.5, 0.6) is 0 Å². The Morgan fingerprint density at radius 2 is 2.00 bits per heavy atom. The molecule has 0 aromatic heterocycles. The Labute approximate surface area is 56.5 Å². The second-order valence-corrected chi connectivity index (χ2v) is 1.60. The van der Waals surface area contributed by atoms with Gasteiger partial charge in [0.25, 0.3) is 0 Å². The SMILES string of the molecule is [B]NC(=O)CC(=O)NP. The summed E-state index contributed by atoms with van der Waals surface area (Å²) < 4.78 is 0. The molecule has 9 heavy (non-hydrogen) atoms. The topological polar surface area (TPSA) is 58.2 Å². The maximum absolute atomic E-state index is 10.3. The van der Waals surface area contributed by atoms with Gasteiger partial charge in [0.15, 0.2) is 0 Å². The van der Waals surface area contributed by atoms with Gasteiger partial charge in [0.1, 0.15) is 6.42 Å². The number of hydrogen-bond donors (Lipinski definition) is 2. The maximum atomic E-state index is 10.3. The van der Waals surface area contributed by atoms with E-state index < -0.39 is 5.91 Å². The minimum atomic E-state index is -0.505. The van der Waals surface area contributed by atoms with Crippen LogP contribution < -0.4 is 10.3 Å². The van der Waals surface area contributed by atoms with E-state index in [1.807, 2.05) is 14.6 Å². The van der Waals surface area contributed by atoms with Crippen LogP contribution in [0.15, 0.2) is 0 Å². The molecule has 48 valence electrons. The molecule has 0 fully saturated rings. The van der Waals surface area contributed by atoms with E-state index in [1.54, 1.807) is 0 Å². The summed E-state index contributed by atoms with van der Waals surface area (Å²) in [6, 6.07) is 0. The molecule has 0 rings (SSSR count). The molecular weight excluding hydrogens is 138 g/mol. The van der Waals surface area contributed by atoms with Gasteiger partial charge in [-0.15, -0.1) is 0 Å². The van der Waals surface area contributed by atoms with Crippen molar-refractivity contribution in [3.63, 3.8) is 0 Å². The molecule has 2 radical (unpaired) electrons. The van der Waals surface area contributed by atoms with Crippen LogP contribution in [0.25, 0.3) is 0 Å². The molecular formula is C3H6BN2O2P. The quantitative estimate of drug-likeness (QED) is 0.281. The average Bonchev–Trinajstić information content (AvgIpc) is 1.87. The largest absolute Gasteiger partial charge is 0.409 e. The molecule has 0 bridgehead atoms. The molecule has 0 saturated heterocycles. The number of nitrogens with one attached hydrogen (secondary N) is 2. The van der Waals surface area contributed by atoms with Crippen LogP contribution in [0.1, 0.15) is 6.42 Å². The minimum Gasteiger partial charge on any atom is -0.409 e. The van der Waals surface area contributed by atoms with E-state index >= 15 is 0 Å². The summed E-state index contributed by atoms with van der Waals surface area (Å²) in [7, 11) is 6.67. The Kier molecular flexibility index (Phi) is 4.06. The number of amides is 2. The second-order valence-electron chi connectivity index (χ2n) is 1.31. The molecule has 0 aromatic carbocycles. The zero-order valence-corrected chi connectivity index (χ0v) is 5.83. The zero-order chi connectivity index (χ0) is 7.28. The smallest absolute Gasteiger partial charge is 0.232 e. The molecule has 2 amide bonds. The molecule has 0 aromatic rings. The average molecular weight is 144 g/mol. The molecule has 0 aliphatic carbocycles. The van der Waals surface area contributed by atoms with Crippen molar-refractivity contribution in [1.82, 2.24) is 10.3 Å². The first-order valence-corrected chi connectivity index (χ1v) is 2.77. The summed E-state index contributed by atoms with van der Waals surface area (Å²) in [5, 5.41) is 4.01. The van der Waals surface area contributed by atoms with Gasteiger partial charge in [-0.05, 0) is 9.39 Å². The Bertz CT molecular complexity index is 115. The number of carbonyl (C=O) groups is 2. The predicted octanol–water partition coefficient (Wildman–Crippen LogP) is -1.52. The third kappa shape index (κ3) is 3.97. The van der Waals surface area contributed by atoms with Crippen molar-refractivity contribution in [2.45, 2.75) is 6.42 Å². The molecule has 2 N–H and O–H groups in total. The lowest BCUT2D eigenvalue weighted by molar-refractivity contribution is -0.127. The van der Waals surface area contributed by atoms with Crippen LogP contribution in [0.2, 0.25) is 0 Å². The Balaban J connectivity index is 3.47. The molecule has 0 aliphatic rings. The minimum absolute atomic E-state index is 0.236. The zero-order valence-electron chi connectivity index (χ0n) is 4.68. The summed E-state index contributed by atoms with van der Waals surface area (Å²) in [5.74, 6) is -0.891. The van der Waals surface area contributed by atoms with Crippen molar-refractivity contribution >= 4 is 29.2 Å². The normalized spacial score (nSPS) is 8.11. The van der Waals surface area contributed by atoms with Gasteiger partial charge >= 0.3 is 0 Å². The van der Waals surface area contributed by atoms with Crippen molar-refractivity contribution in [2.24, 2.45) is 0 Å². The number of hydrogen-bond acceptors (Lipinski definition) is 2. The fourth-order valence-corrected chi connectivity index (χ4v) is 0.350. The highest BCUT2D eigenvalue weighted by Crippen LogP contribution is 1.80. The highest BCUT2D eigenvalue weighted by Gasteiger charge is 2.02. The van der Waals surface area contributed by atoms with Gasteiger partial charge in [0.2, 0.25) is 19.8 Å². The summed E-state index contributed by atoms with van der Waals surface area (Å²) >= 11 is 0. The van der Waals surface area contributed by atoms with Crippen LogP contribution in [0.4, 0.5) is 0 Å². The summed E-state index contributed by atoms with van der Waals surface area (Å²) in [5.41, 5.74) is 0. The van der Waals surface area contributed by atoms with Crippen molar-refractivity contribution in [1.29, 1.82) is 0 Å². The molecule has 0 saturated carbocycles. The maximum Gasteiger partial charge on any atom is 0.232 e. The third-order valence-electron chi connectivity index (χ3n) is 0.643. The van der Waals surface area contributed by atoms with Crippen molar-refractivity contribution < 1.29 is 9.59 Å². The van der Waals surface area contributed by atoms with Crippen LogP contribution in [0, 0.1) is 0 Å². The van der Waals surface area contributed by atoms with E-state index in [9.17, 15) is 9.59 Å². The summed E-state index contributed by atoms with van der Waals surface area (Å²) in [4.78, 5) is 20.6. The lowest BCUT2D eigenvalue weighted by Crippen LogP contribution is -2.26.